The first-order chi connectivity index (χ1) is 20.8. The maximum atomic E-state index is 13.4. The molecule has 212 valence electrons. The number of allylic oxidation sites excluding steroid dienone is 1. The molecule has 0 saturated carbocycles. The lowest BCUT2D eigenvalue weighted by molar-refractivity contribution is 0.102. The molecule has 0 radical (unpaired) electrons. The molecular formula is C28H22N12O3. The predicted octanol–water partition coefficient (Wildman–Crippen LogP) is 7.20. The fourth-order valence-electron chi connectivity index (χ4n) is 3.57. The lowest BCUT2D eigenvalue weighted by Gasteiger charge is -2.17. The third-order valence-electron chi connectivity index (χ3n) is 5.27. The third-order valence-corrected chi connectivity index (χ3v) is 5.27. The summed E-state index contributed by atoms with van der Waals surface area (Å²) < 4.78 is 0. The highest BCUT2D eigenvalue weighted by Gasteiger charge is 2.25. The Balaban J connectivity index is 1.96. The molecule has 0 atom stereocenters. The van der Waals surface area contributed by atoms with Gasteiger partial charge in [0.05, 0.1) is 11.1 Å². The number of rotatable bonds is 9. The van der Waals surface area contributed by atoms with Crippen LogP contribution in [0.4, 0.5) is 5.69 Å². The first-order valence-corrected chi connectivity index (χ1v) is 12.1. The van der Waals surface area contributed by atoms with Crippen molar-refractivity contribution < 1.29 is 15.0 Å². The second-order valence-corrected chi connectivity index (χ2v) is 8.27. The van der Waals surface area contributed by atoms with Gasteiger partial charge in [-0.15, -0.1) is 5.10 Å². The maximum absolute atomic E-state index is 13.4. The van der Waals surface area contributed by atoms with Crippen LogP contribution in [-0.4, -0.2) is 22.3 Å². The van der Waals surface area contributed by atoms with E-state index in [1.54, 1.807) is 43.3 Å². The van der Waals surface area contributed by atoms with Gasteiger partial charge in [-0.25, -0.2) is 0 Å². The van der Waals surface area contributed by atoms with Gasteiger partial charge in [-0.1, -0.05) is 60.0 Å². The van der Waals surface area contributed by atoms with E-state index in [2.05, 4.69) is 87.7 Å². The summed E-state index contributed by atoms with van der Waals surface area (Å²) in [5.74, 6) is 8.85. The van der Waals surface area contributed by atoms with Crippen LogP contribution in [0.5, 0.6) is 11.5 Å². The van der Waals surface area contributed by atoms with E-state index in [9.17, 15) is 15.0 Å². The van der Waals surface area contributed by atoms with Crippen molar-refractivity contribution in [2.45, 2.75) is 13.8 Å². The molecule has 0 fully saturated rings. The number of hydrogen-bond donors (Lipinski definition) is 4. The molecule has 4 N–H and O–H groups in total. The highest BCUT2D eigenvalue weighted by atomic mass is 16.3. The second-order valence-electron chi connectivity index (χ2n) is 8.27. The molecule has 0 aliphatic rings. The normalized spacial score (nSPS) is 11.1. The van der Waals surface area contributed by atoms with Crippen molar-refractivity contribution in [2.24, 2.45) is 52.1 Å². The average molecular weight is 575 g/mol. The molecule has 0 aromatic heterocycles. The molecule has 0 unspecified atom stereocenters. The Morgan fingerprint density at radius 2 is 1.60 bits per heavy atom. The van der Waals surface area contributed by atoms with E-state index in [1.165, 1.54) is 6.07 Å². The predicted molar refractivity (Wildman–Crippen MR) is 157 cm³/mol. The number of aromatic hydroxyl groups is 2. The van der Waals surface area contributed by atoms with Gasteiger partial charge in [0.15, 0.2) is 0 Å². The van der Waals surface area contributed by atoms with Crippen LogP contribution in [0, 0.1) is 36.1 Å². The number of phenols is 2. The zero-order valence-corrected chi connectivity index (χ0v) is 22.8. The van der Waals surface area contributed by atoms with Crippen LogP contribution in [0.3, 0.4) is 0 Å². The molecule has 43 heavy (non-hydrogen) atoms. The summed E-state index contributed by atoms with van der Waals surface area (Å²) in [6.07, 6.45) is 1.07. The molecule has 3 aromatic carbocycles. The van der Waals surface area contributed by atoms with Gasteiger partial charge >= 0.3 is 0 Å². The summed E-state index contributed by atoms with van der Waals surface area (Å²) in [6, 6.07) is 15.5. The average Bonchev–Trinajstić information content (AvgIpc) is 2.97. The number of anilines is 1. The van der Waals surface area contributed by atoms with E-state index in [0.29, 0.717) is 22.4 Å². The molecule has 0 bridgehead atoms. The van der Waals surface area contributed by atoms with E-state index in [4.69, 9.17) is 5.53 Å². The van der Waals surface area contributed by atoms with Crippen LogP contribution in [-0.2, 0) is 0 Å². The molecule has 1 amide bonds. The standard InChI is InChI=1S/C28H22N12O3/c1-18(2)22-14-13-19(3)16-23(22)26-24(41)17-20(25(27(26)42)28(43)31-21-11-7-4-8-12-21)10-6-5-9-15-30-33-35-37-39-40-38-36-34-32-29/h4,7-8,11-17,29,41-42H,1H2,2-3H3,(H,31,43)/b30-15+,32-29?,35-33+,36-34+,39-37+,40-38+. The van der Waals surface area contributed by atoms with Crippen molar-refractivity contribution in [2.75, 3.05) is 5.32 Å². The summed E-state index contributed by atoms with van der Waals surface area (Å²) in [4.78, 5) is 13.4. The number of nitrogens with zero attached hydrogens (tertiary/aromatic N) is 10. The van der Waals surface area contributed by atoms with Gasteiger partial charge in [0.1, 0.15) is 17.7 Å². The summed E-state index contributed by atoms with van der Waals surface area (Å²) in [7, 11) is 0. The summed E-state index contributed by atoms with van der Waals surface area (Å²) in [5, 5.41) is 55.8. The van der Waals surface area contributed by atoms with Crippen molar-refractivity contribution in [1.29, 1.82) is 5.53 Å². The summed E-state index contributed by atoms with van der Waals surface area (Å²) in [5.41, 5.74) is 9.58. The monoisotopic (exact) mass is 574 g/mol. The Morgan fingerprint density at radius 3 is 2.28 bits per heavy atom. The smallest absolute Gasteiger partial charge is 0.260 e. The number of benzene rings is 3. The second kappa shape index (κ2) is 15.8. The Labute approximate surface area is 245 Å². The number of carbonyl (C=O) groups excluding carboxylic acids is 1. The van der Waals surface area contributed by atoms with Crippen LogP contribution in [0.2, 0.25) is 0 Å². The molecule has 0 aliphatic carbocycles. The number of para-hydroxylation sites is 1. The lowest BCUT2D eigenvalue weighted by atomic mass is 9.90. The Bertz CT molecular complexity index is 1810. The fraction of sp³-hybridized carbons (Fsp3) is 0.0714. The van der Waals surface area contributed by atoms with E-state index >= 15 is 0 Å². The Hall–Kier alpha value is -6.74. The number of nitrogens with one attached hydrogen (secondary N) is 2. The highest BCUT2D eigenvalue weighted by molar-refractivity contribution is 6.10. The molecule has 15 heteroatoms. The minimum atomic E-state index is -0.642. The van der Waals surface area contributed by atoms with Gasteiger partial charge in [-0.2, -0.15) is 5.53 Å². The molecule has 0 aliphatic heterocycles. The molecule has 15 nitrogen and oxygen atoms in total. The fourth-order valence-corrected chi connectivity index (χ4v) is 3.57. The van der Waals surface area contributed by atoms with E-state index in [1.807, 2.05) is 19.1 Å². The van der Waals surface area contributed by atoms with Gasteiger partial charge in [0.2, 0.25) is 0 Å². The van der Waals surface area contributed by atoms with Crippen LogP contribution in [0.25, 0.3) is 16.7 Å². The quantitative estimate of drug-likeness (QED) is 0.0902. The zero-order valence-electron chi connectivity index (χ0n) is 22.8. The number of hydrogen-bond acceptors (Lipinski definition) is 5. The van der Waals surface area contributed by atoms with Gasteiger partial charge in [0, 0.05) is 11.3 Å². The third kappa shape index (κ3) is 8.88. The van der Waals surface area contributed by atoms with Gasteiger partial charge in [0.25, 0.3) is 5.91 Å². The lowest BCUT2D eigenvalue weighted by Crippen LogP contribution is -2.14. The van der Waals surface area contributed by atoms with E-state index in [0.717, 1.165) is 11.8 Å². The molecule has 0 spiro atoms. The molecular weight excluding hydrogens is 552 g/mol. The van der Waals surface area contributed by atoms with Crippen LogP contribution < -0.4 is 5.32 Å². The van der Waals surface area contributed by atoms with E-state index < -0.39 is 11.7 Å². The Kier molecular flexibility index (Phi) is 11.3. The zero-order chi connectivity index (χ0) is 31.0. The molecule has 3 aromatic rings. The van der Waals surface area contributed by atoms with Crippen LogP contribution >= 0.6 is 0 Å². The summed E-state index contributed by atoms with van der Waals surface area (Å²) in [6.45, 7) is 7.68. The Morgan fingerprint density at radius 1 is 0.930 bits per heavy atom. The van der Waals surface area contributed by atoms with Crippen LogP contribution in [0.15, 0.2) is 113 Å². The van der Waals surface area contributed by atoms with Crippen molar-refractivity contribution >= 4 is 23.4 Å². The van der Waals surface area contributed by atoms with Gasteiger partial charge < -0.3 is 15.5 Å². The molecule has 0 heterocycles. The van der Waals surface area contributed by atoms with Crippen molar-refractivity contribution in [3.05, 3.63) is 83.4 Å². The maximum Gasteiger partial charge on any atom is 0.260 e. The summed E-state index contributed by atoms with van der Waals surface area (Å²) >= 11 is 0. The number of carbonyl (C=O) groups is 1. The van der Waals surface area contributed by atoms with E-state index in [-0.39, 0.29) is 22.4 Å². The number of aryl methyl sites for hydroxylation is 1. The SMILES string of the molecule is C=C(C)c1ccc(C)cc1-c1c(O)cc(C#CC#C/C=N/N=N/N=N/N=N/N=N/N=N)c(C(=O)Nc2ccccc2)c1O. The topological polar surface area (TPSA) is 217 Å². The van der Waals surface area contributed by atoms with Crippen molar-refractivity contribution in [3.63, 3.8) is 0 Å². The van der Waals surface area contributed by atoms with Crippen molar-refractivity contribution in [3.8, 4) is 46.3 Å². The first-order valence-electron chi connectivity index (χ1n) is 12.1. The highest BCUT2D eigenvalue weighted by Crippen LogP contribution is 2.44. The van der Waals surface area contributed by atoms with Crippen molar-refractivity contribution in [1.82, 2.24) is 0 Å². The number of phenolic OH excluding ortho intramolecular Hbond substituents is 2. The largest absolute Gasteiger partial charge is 0.507 e. The minimum absolute atomic E-state index is 0.0353. The van der Waals surface area contributed by atoms with Gasteiger partial charge in [-0.3, -0.25) is 4.79 Å². The molecule has 3 rings (SSSR count). The van der Waals surface area contributed by atoms with Crippen LogP contribution in [0.1, 0.15) is 34.0 Å². The molecule has 0 saturated heterocycles. The number of amides is 1. The van der Waals surface area contributed by atoms with Gasteiger partial charge in [-0.05, 0) is 108 Å². The first kappa shape index (κ1) is 30.8. The minimum Gasteiger partial charge on any atom is -0.507 e.